The lowest BCUT2D eigenvalue weighted by Gasteiger charge is -2.26. The normalized spacial score (nSPS) is 15.9. The van der Waals surface area contributed by atoms with Crippen LogP contribution in [0.2, 0.25) is 0 Å². The van der Waals surface area contributed by atoms with E-state index in [1.54, 1.807) is 24.3 Å². The Morgan fingerprint density at radius 2 is 1.10 bits per heavy atom. The van der Waals surface area contributed by atoms with Crippen molar-refractivity contribution in [3.05, 3.63) is 60.2 Å². The quantitative estimate of drug-likeness (QED) is 0.859. The first-order valence-corrected chi connectivity index (χ1v) is 7.40. The molecule has 0 bridgehead atoms. The summed E-state index contributed by atoms with van der Waals surface area (Å²) in [4.78, 5) is 10.4. The van der Waals surface area contributed by atoms with E-state index in [0.29, 0.717) is 13.1 Å². The van der Waals surface area contributed by atoms with E-state index in [0.717, 1.165) is 11.4 Å². The molecule has 104 valence electrons. The Morgan fingerprint density at radius 1 is 0.750 bits per heavy atom. The minimum Gasteiger partial charge on any atom is -0.338 e. The Hall–Kier alpha value is -1.71. The van der Waals surface area contributed by atoms with E-state index in [1.165, 1.54) is 24.3 Å². The van der Waals surface area contributed by atoms with Crippen LogP contribution in [0.25, 0.3) is 0 Å². The van der Waals surface area contributed by atoms with E-state index in [1.807, 2.05) is 9.34 Å². The lowest BCUT2D eigenvalue weighted by atomic mass is 10.3. The summed E-state index contributed by atoms with van der Waals surface area (Å²) in [6.45, 7) is 1.29. The average molecular weight is 294 g/mol. The molecule has 1 heterocycles. The summed E-state index contributed by atoms with van der Waals surface area (Å²) in [5.41, 5.74) is 1.56. The summed E-state index contributed by atoms with van der Waals surface area (Å²) in [7, 11) is -1.54. The minimum atomic E-state index is -1.54. The summed E-state index contributed by atoms with van der Waals surface area (Å²) >= 11 is 0. The molecule has 20 heavy (non-hydrogen) atoms. The van der Waals surface area contributed by atoms with Crippen molar-refractivity contribution in [3.63, 3.8) is 0 Å². The third-order valence-corrected chi connectivity index (χ3v) is 4.93. The van der Waals surface area contributed by atoms with Gasteiger partial charge in [-0.3, -0.25) is 0 Å². The van der Waals surface area contributed by atoms with Gasteiger partial charge < -0.3 is 14.2 Å². The molecule has 1 aliphatic heterocycles. The molecule has 1 N–H and O–H groups in total. The molecule has 0 aromatic heterocycles. The van der Waals surface area contributed by atoms with Gasteiger partial charge in [-0.1, -0.05) is 0 Å². The van der Waals surface area contributed by atoms with Gasteiger partial charge in [-0.2, -0.15) is 0 Å². The van der Waals surface area contributed by atoms with Gasteiger partial charge in [0.25, 0.3) is 0 Å². The highest BCUT2D eigenvalue weighted by molar-refractivity contribution is 7.55. The van der Waals surface area contributed by atoms with Crippen LogP contribution in [0, 0.1) is 11.6 Å². The predicted octanol–water partition coefficient (Wildman–Crippen LogP) is 3.51. The maximum Gasteiger partial charge on any atom is 0.245 e. The summed E-state index contributed by atoms with van der Waals surface area (Å²) in [5.74, 6) is -0.601. The van der Waals surface area contributed by atoms with Crippen LogP contribution >= 0.6 is 8.45 Å². The Balaban J connectivity index is 1.81. The molecule has 1 fully saturated rings. The number of anilines is 2. The highest BCUT2D eigenvalue weighted by Crippen LogP contribution is 2.49. The van der Waals surface area contributed by atoms with Crippen LogP contribution in [0.15, 0.2) is 48.5 Å². The van der Waals surface area contributed by atoms with E-state index in [-0.39, 0.29) is 11.6 Å². The van der Waals surface area contributed by atoms with Crippen molar-refractivity contribution in [2.24, 2.45) is 0 Å². The molecule has 1 aliphatic rings. The largest absolute Gasteiger partial charge is 0.338 e. The molecule has 3 nitrogen and oxygen atoms in total. The maximum absolute atomic E-state index is 12.9. The number of benzene rings is 2. The van der Waals surface area contributed by atoms with Gasteiger partial charge in [0.2, 0.25) is 8.45 Å². The monoisotopic (exact) mass is 294 g/mol. The van der Waals surface area contributed by atoms with Gasteiger partial charge in [-0.05, 0) is 48.5 Å². The zero-order valence-electron chi connectivity index (χ0n) is 10.6. The van der Waals surface area contributed by atoms with E-state index >= 15 is 0 Å². The maximum atomic E-state index is 12.9. The van der Waals surface area contributed by atoms with Crippen molar-refractivity contribution in [1.82, 2.24) is 0 Å². The molecule has 0 atom stereocenters. The second-order valence-electron chi connectivity index (χ2n) is 4.47. The van der Waals surface area contributed by atoms with Gasteiger partial charge in [0.05, 0.1) is 0 Å². The Bertz CT molecular complexity index is 538. The fourth-order valence-corrected chi connectivity index (χ4v) is 3.67. The number of rotatable bonds is 2. The van der Waals surface area contributed by atoms with E-state index in [4.69, 9.17) is 0 Å². The first kappa shape index (κ1) is 13.3. The predicted molar refractivity (Wildman–Crippen MR) is 76.6 cm³/mol. The van der Waals surface area contributed by atoms with Gasteiger partial charge in [-0.25, -0.2) is 8.78 Å². The summed E-state index contributed by atoms with van der Waals surface area (Å²) < 4.78 is 29.5. The average Bonchev–Trinajstić information content (AvgIpc) is 2.83. The van der Waals surface area contributed by atoms with Crippen molar-refractivity contribution in [2.45, 2.75) is 0 Å². The van der Waals surface area contributed by atoms with Crippen molar-refractivity contribution < 1.29 is 13.7 Å². The molecule has 0 spiro atoms. The summed E-state index contributed by atoms with van der Waals surface area (Å²) in [6, 6.07) is 12.1. The second kappa shape index (κ2) is 5.35. The van der Waals surface area contributed by atoms with Gasteiger partial charge in [-0.15, -0.1) is 0 Å². The molecular formula is C14H13F2N2OP. The van der Waals surface area contributed by atoms with Crippen LogP contribution in [0.5, 0.6) is 0 Å². The molecule has 3 rings (SSSR count). The van der Waals surface area contributed by atoms with E-state index in [2.05, 4.69) is 0 Å². The summed E-state index contributed by atoms with van der Waals surface area (Å²) in [6.07, 6.45) is 0. The number of nitrogens with zero attached hydrogens (tertiary/aromatic N) is 2. The Labute approximate surface area is 117 Å². The fraction of sp³-hybridized carbons (Fsp3) is 0.143. The van der Waals surface area contributed by atoms with Gasteiger partial charge in [0.1, 0.15) is 11.6 Å². The zero-order chi connectivity index (χ0) is 14.1. The number of hydrogen-bond acceptors (Lipinski definition) is 3. The smallest absolute Gasteiger partial charge is 0.245 e. The van der Waals surface area contributed by atoms with Crippen LogP contribution < -0.4 is 9.34 Å². The third kappa shape index (κ3) is 2.47. The zero-order valence-corrected chi connectivity index (χ0v) is 11.5. The first-order chi connectivity index (χ1) is 9.65. The molecule has 0 aliphatic carbocycles. The van der Waals surface area contributed by atoms with E-state index in [9.17, 15) is 13.7 Å². The van der Waals surface area contributed by atoms with Crippen LogP contribution in [-0.4, -0.2) is 18.0 Å². The third-order valence-electron chi connectivity index (χ3n) is 3.20. The SMILES string of the molecule is OP1N(c2ccc(F)cc2)CCN1c1ccc(F)cc1. The molecule has 0 radical (unpaired) electrons. The molecule has 6 heteroatoms. The lowest BCUT2D eigenvalue weighted by Crippen LogP contribution is -2.13. The van der Waals surface area contributed by atoms with Gasteiger partial charge >= 0.3 is 0 Å². The van der Waals surface area contributed by atoms with Crippen LogP contribution in [-0.2, 0) is 0 Å². The highest BCUT2D eigenvalue weighted by Gasteiger charge is 2.32. The molecule has 0 amide bonds. The molecule has 1 saturated heterocycles. The van der Waals surface area contributed by atoms with E-state index < -0.39 is 8.45 Å². The lowest BCUT2D eigenvalue weighted by molar-refractivity contribution is 0.621. The van der Waals surface area contributed by atoms with Gasteiger partial charge in [0.15, 0.2) is 0 Å². The number of hydrogen-bond donors (Lipinski definition) is 1. The number of halogens is 2. The standard InChI is InChI=1S/C14H13F2N2OP/c15-11-1-5-13(6-2-11)17-9-10-18(20(17)19)14-7-3-12(16)4-8-14/h1-8,19H,9-10H2. The topological polar surface area (TPSA) is 26.7 Å². The summed E-state index contributed by atoms with van der Waals surface area (Å²) in [5, 5.41) is 0. The van der Waals surface area contributed by atoms with Gasteiger partial charge in [0, 0.05) is 24.5 Å². The molecule has 2 aromatic carbocycles. The van der Waals surface area contributed by atoms with Crippen LogP contribution in [0.1, 0.15) is 0 Å². The Kier molecular flexibility index (Phi) is 3.55. The van der Waals surface area contributed by atoms with Crippen molar-refractivity contribution >= 4 is 19.8 Å². The molecule has 2 aromatic rings. The van der Waals surface area contributed by atoms with Crippen molar-refractivity contribution in [2.75, 3.05) is 22.4 Å². The van der Waals surface area contributed by atoms with Crippen LogP contribution in [0.3, 0.4) is 0 Å². The second-order valence-corrected chi connectivity index (χ2v) is 5.97. The fourth-order valence-electron chi connectivity index (χ4n) is 2.19. The molecule has 0 saturated carbocycles. The Morgan fingerprint density at radius 3 is 1.45 bits per heavy atom. The molecular weight excluding hydrogens is 281 g/mol. The minimum absolute atomic E-state index is 0.300. The van der Waals surface area contributed by atoms with Crippen LogP contribution in [0.4, 0.5) is 20.2 Å². The first-order valence-electron chi connectivity index (χ1n) is 6.20. The molecule has 0 unspecified atom stereocenters. The van der Waals surface area contributed by atoms with Crippen molar-refractivity contribution in [3.8, 4) is 0 Å². The van der Waals surface area contributed by atoms with Crippen molar-refractivity contribution in [1.29, 1.82) is 0 Å². The highest BCUT2D eigenvalue weighted by atomic mass is 31.2.